The topological polar surface area (TPSA) is 42.2 Å². The van der Waals surface area contributed by atoms with Gasteiger partial charge in [0.1, 0.15) is 0 Å². The maximum Gasteiger partial charge on any atom is 0.183 e. The normalized spacial score (nSPS) is 29.9. The lowest BCUT2D eigenvalue weighted by Crippen LogP contribution is -2.27. The molecule has 2 aliphatic rings. The van der Waals surface area contributed by atoms with Crippen molar-refractivity contribution >= 4 is 0 Å². The van der Waals surface area contributed by atoms with Gasteiger partial charge in [0.25, 0.3) is 0 Å². The summed E-state index contributed by atoms with van der Waals surface area (Å²) >= 11 is 0. The third-order valence-electron chi connectivity index (χ3n) is 5.92. The Morgan fingerprint density at radius 3 is 2.00 bits per heavy atom. The summed E-state index contributed by atoms with van der Waals surface area (Å²) in [5.41, 5.74) is 1.68. The van der Waals surface area contributed by atoms with Crippen LogP contribution in [0.15, 0.2) is 24.3 Å². The number of rotatable bonds is 6. The van der Waals surface area contributed by atoms with E-state index >= 15 is 0 Å². The first-order valence-electron chi connectivity index (χ1n) is 10.0. The van der Waals surface area contributed by atoms with E-state index in [2.05, 4.69) is 13.0 Å². The Kier molecular flexibility index (Phi) is 6.90. The number of ether oxygens (including phenoxy) is 2. The molecule has 1 aromatic carbocycles. The van der Waals surface area contributed by atoms with Crippen molar-refractivity contribution < 1.29 is 9.47 Å². The van der Waals surface area contributed by atoms with Crippen LogP contribution in [0.1, 0.15) is 75.7 Å². The third-order valence-corrected chi connectivity index (χ3v) is 5.92. The minimum absolute atomic E-state index is 0.270. The molecule has 136 valence electrons. The van der Waals surface area contributed by atoms with Crippen LogP contribution in [-0.4, -0.2) is 13.2 Å². The van der Waals surface area contributed by atoms with Crippen LogP contribution in [0.25, 0.3) is 0 Å². The quantitative estimate of drug-likeness (QED) is 0.675. The second-order valence-electron chi connectivity index (χ2n) is 7.85. The molecule has 0 amide bonds. The summed E-state index contributed by atoms with van der Waals surface area (Å²) in [4.78, 5) is 0. The van der Waals surface area contributed by atoms with Gasteiger partial charge in [-0.2, -0.15) is 5.26 Å². The molecule has 0 aromatic heterocycles. The van der Waals surface area contributed by atoms with Crippen LogP contribution in [0.2, 0.25) is 0 Å². The lowest BCUT2D eigenvalue weighted by Gasteiger charge is -2.32. The molecule has 1 heterocycles. The zero-order chi connectivity index (χ0) is 17.5. The van der Waals surface area contributed by atoms with Crippen molar-refractivity contribution in [3.05, 3.63) is 35.4 Å². The first-order chi connectivity index (χ1) is 12.3. The highest BCUT2D eigenvalue weighted by Crippen LogP contribution is 2.35. The van der Waals surface area contributed by atoms with Crippen LogP contribution in [0.4, 0.5) is 0 Å². The average molecular weight is 341 g/mol. The fourth-order valence-electron chi connectivity index (χ4n) is 4.31. The lowest BCUT2D eigenvalue weighted by atomic mass is 9.77. The number of nitriles is 1. The molecule has 1 saturated carbocycles. The first-order valence-corrected chi connectivity index (χ1v) is 10.0. The molecule has 1 aliphatic heterocycles. The summed E-state index contributed by atoms with van der Waals surface area (Å²) in [6.07, 6.45) is 10.8. The minimum atomic E-state index is -0.270. The number of hydrogen-bond acceptors (Lipinski definition) is 3. The summed E-state index contributed by atoms with van der Waals surface area (Å²) in [7, 11) is 0. The van der Waals surface area contributed by atoms with Gasteiger partial charge in [-0.1, -0.05) is 64.0 Å². The molecule has 1 aliphatic carbocycles. The molecule has 3 rings (SSSR count). The van der Waals surface area contributed by atoms with Crippen molar-refractivity contribution in [1.29, 1.82) is 5.26 Å². The molecule has 0 bridgehead atoms. The fourth-order valence-corrected chi connectivity index (χ4v) is 4.31. The van der Waals surface area contributed by atoms with Crippen molar-refractivity contribution in [2.75, 3.05) is 13.2 Å². The zero-order valence-corrected chi connectivity index (χ0v) is 15.5. The van der Waals surface area contributed by atoms with Crippen molar-refractivity contribution in [2.24, 2.45) is 17.8 Å². The van der Waals surface area contributed by atoms with Crippen molar-refractivity contribution in [3.63, 3.8) is 0 Å². The van der Waals surface area contributed by atoms with E-state index in [1.807, 2.05) is 24.3 Å². The molecule has 3 nitrogen and oxygen atoms in total. The molecular formula is C22H31NO2. The van der Waals surface area contributed by atoms with Gasteiger partial charge in [0, 0.05) is 11.5 Å². The van der Waals surface area contributed by atoms with Gasteiger partial charge in [0.15, 0.2) is 6.29 Å². The largest absolute Gasteiger partial charge is 0.348 e. The molecule has 1 aromatic rings. The van der Waals surface area contributed by atoms with Crippen LogP contribution < -0.4 is 0 Å². The van der Waals surface area contributed by atoms with Crippen molar-refractivity contribution in [1.82, 2.24) is 0 Å². The van der Waals surface area contributed by atoms with Crippen LogP contribution in [0.5, 0.6) is 0 Å². The molecule has 25 heavy (non-hydrogen) atoms. The number of nitrogens with zero attached hydrogens (tertiary/aromatic N) is 1. The van der Waals surface area contributed by atoms with Crippen molar-refractivity contribution in [2.45, 2.75) is 64.6 Å². The summed E-state index contributed by atoms with van der Waals surface area (Å²) in [6.45, 7) is 3.88. The fraction of sp³-hybridized carbons (Fsp3) is 0.682. The molecule has 3 heteroatoms. The minimum Gasteiger partial charge on any atom is -0.348 e. The van der Waals surface area contributed by atoms with Crippen LogP contribution in [-0.2, 0) is 9.47 Å². The molecule has 1 saturated heterocycles. The van der Waals surface area contributed by atoms with Gasteiger partial charge in [-0.25, -0.2) is 0 Å². The third kappa shape index (κ3) is 5.30. The zero-order valence-electron chi connectivity index (χ0n) is 15.5. The standard InChI is InChI=1S/C22H31NO2/c1-2-3-17-4-6-18(7-5-17)8-9-20-15-24-22(25-16-20)21-12-10-19(14-23)11-13-21/h10-13,17-18,20,22H,2-9,15-16H2,1H3. The van der Waals surface area contributed by atoms with Gasteiger partial charge in [-0.05, 0) is 30.4 Å². The van der Waals surface area contributed by atoms with Gasteiger partial charge >= 0.3 is 0 Å². The molecule has 2 fully saturated rings. The van der Waals surface area contributed by atoms with E-state index in [1.165, 1.54) is 51.4 Å². The molecule has 0 N–H and O–H groups in total. The number of hydrogen-bond donors (Lipinski definition) is 0. The van der Waals surface area contributed by atoms with Gasteiger partial charge in [0.05, 0.1) is 24.8 Å². The van der Waals surface area contributed by atoms with E-state index in [1.54, 1.807) is 0 Å². The monoisotopic (exact) mass is 341 g/mol. The molecule has 0 spiro atoms. The Bertz CT molecular complexity index is 546. The predicted molar refractivity (Wildman–Crippen MR) is 98.9 cm³/mol. The predicted octanol–water partition coefficient (Wildman–Crippen LogP) is 5.61. The van der Waals surface area contributed by atoms with Crippen LogP contribution >= 0.6 is 0 Å². The van der Waals surface area contributed by atoms with E-state index in [-0.39, 0.29) is 6.29 Å². The van der Waals surface area contributed by atoms with Gasteiger partial charge in [0.2, 0.25) is 0 Å². The Morgan fingerprint density at radius 2 is 1.44 bits per heavy atom. The Morgan fingerprint density at radius 1 is 0.880 bits per heavy atom. The van der Waals surface area contributed by atoms with Crippen LogP contribution in [0.3, 0.4) is 0 Å². The Labute approximate surface area is 152 Å². The second-order valence-corrected chi connectivity index (χ2v) is 7.85. The average Bonchev–Trinajstić information content (AvgIpc) is 2.68. The first kappa shape index (κ1) is 18.4. The maximum absolute atomic E-state index is 8.87. The summed E-state index contributed by atoms with van der Waals surface area (Å²) in [5.74, 6) is 2.45. The summed E-state index contributed by atoms with van der Waals surface area (Å²) in [5, 5.41) is 8.87. The number of benzene rings is 1. The van der Waals surface area contributed by atoms with E-state index in [9.17, 15) is 0 Å². The van der Waals surface area contributed by atoms with E-state index in [0.29, 0.717) is 11.5 Å². The van der Waals surface area contributed by atoms with Gasteiger partial charge in [-0.15, -0.1) is 0 Å². The highest BCUT2D eigenvalue weighted by Gasteiger charge is 2.26. The Hall–Kier alpha value is -1.37. The molecule has 0 unspecified atom stereocenters. The molecule has 0 atom stereocenters. The van der Waals surface area contributed by atoms with Crippen LogP contribution in [0, 0.1) is 29.1 Å². The summed E-state index contributed by atoms with van der Waals surface area (Å²) in [6, 6.07) is 9.64. The van der Waals surface area contributed by atoms with Gasteiger partial charge in [-0.3, -0.25) is 0 Å². The SMILES string of the molecule is CCCC1CCC(CCC2COC(c3ccc(C#N)cc3)OC2)CC1. The molecule has 0 radical (unpaired) electrons. The van der Waals surface area contributed by atoms with E-state index in [0.717, 1.165) is 30.6 Å². The smallest absolute Gasteiger partial charge is 0.183 e. The highest BCUT2D eigenvalue weighted by atomic mass is 16.7. The van der Waals surface area contributed by atoms with Gasteiger partial charge < -0.3 is 9.47 Å². The second kappa shape index (κ2) is 9.36. The highest BCUT2D eigenvalue weighted by molar-refractivity contribution is 5.32. The summed E-state index contributed by atoms with van der Waals surface area (Å²) < 4.78 is 11.9. The molecular weight excluding hydrogens is 310 g/mol. The Balaban J connectivity index is 1.36. The van der Waals surface area contributed by atoms with E-state index in [4.69, 9.17) is 14.7 Å². The van der Waals surface area contributed by atoms with E-state index < -0.39 is 0 Å². The van der Waals surface area contributed by atoms with Crippen molar-refractivity contribution in [3.8, 4) is 6.07 Å². The maximum atomic E-state index is 8.87. The lowest BCUT2D eigenvalue weighted by molar-refractivity contribution is -0.206.